The van der Waals surface area contributed by atoms with Crippen LogP contribution in [-0.2, 0) is 6.54 Å². The zero-order chi connectivity index (χ0) is 13.7. The fourth-order valence-electron chi connectivity index (χ4n) is 1.92. The van der Waals surface area contributed by atoms with Gasteiger partial charge in [-0.15, -0.1) is 0 Å². The van der Waals surface area contributed by atoms with Gasteiger partial charge in [-0.1, -0.05) is 30.3 Å². The molecule has 2 nitrogen and oxygen atoms in total. The number of rotatable bonds is 5. The van der Waals surface area contributed by atoms with Gasteiger partial charge in [0.25, 0.3) is 0 Å². The van der Waals surface area contributed by atoms with Crippen LogP contribution in [0, 0.1) is 5.82 Å². The summed E-state index contributed by atoms with van der Waals surface area (Å²) in [5, 5.41) is 3.31. The van der Waals surface area contributed by atoms with E-state index in [4.69, 9.17) is 4.74 Å². The van der Waals surface area contributed by atoms with Gasteiger partial charge in [-0.25, -0.2) is 4.39 Å². The maximum Gasteiger partial charge on any atom is 0.127 e. The lowest BCUT2D eigenvalue weighted by atomic mass is 10.1. The van der Waals surface area contributed by atoms with Gasteiger partial charge < -0.3 is 10.1 Å². The van der Waals surface area contributed by atoms with Crippen molar-refractivity contribution in [2.75, 3.05) is 7.11 Å². The third-order valence-corrected chi connectivity index (χ3v) is 3.17. The van der Waals surface area contributed by atoms with Crippen molar-refractivity contribution in [1.82, 2.24) is 5.32 Å². The molecule has 1 atom stereocenters. The number of hydrogen-bond acceptors (Lipinski definition) is 2. The Hall–Kier alpha value is -1.87. The summed E-state index contributed by atoms with van der Waals surface area (Å²) >= 11 is 0. The van der Waals surface area contributed by atoms with Crippen LogP contribution in [0.2, 0.25) is 0 Å². The van der Waals surface area contributed by atoms with Gasteiger partial charge >= 0.3 is 0 Å². The van der Waals surface area contributed by atoms with Crippen molar-refractivity contribution in [1.29, 1.82) is 0 Å². The Morgan fingerprint density at radius 1 is 1.11 bits per heavy atom. The van der Waals surface area contributed by atoms with Gasteiger partial charge in [0.1, 0.15) is 11.6 Å². The van der Waals surface area contributed by atoms with E-state index in [9.17, 15) is 4.39 Å². The number of halogens is 1. The third kappa shape index (κ3) is 3.55. The summed E-state index contributed by atoms with van der Waals surface area (Å²) in [6.07, 6.45) is 0. The third-order valence-electron chi connectivity index (χ3n) is 3.17. The van der Waals surface area contributed by atoms with E-state index in [1.54, 1.807) is 19.2 Å². The molecule has 1 N–H and O–H groups in total. The van der Waals surface area contributed by atoms with Gasteiger partial charge in [-0.3, -0.25) is 0 Å². The molecule has 0 unspecified atom stereocenters. The lowest BCUT2D eigenvalue weighted by molar-refractivity contribution is 0.414. The first kappa shape index (κ1) is 13.6. The van der Waals surface area contributed by atoms with Crippen LogP contribution in [0.15, 0.2) is 48.5 Å². The molecule has 19 heavy (non-hydrogen) atoms. The molecule has 2 aromatic carbocycles. The lowest BCUT2D eigenvalue weighted by Gasteiger charge is -2.15. The van der Waals surface area contributed by atoms with E-state index in [1.807, 2.05) is 30.3 Å². The van der Waals surface area contributed by atoms with Crippen molar-refractivity contribution in [3.8, 4) is 5.75 Å². The molecule has 0 fully saturated rings. The van der Waals surface area contributed by atoms with Crippen LogP contribution in [0.5, 0.6) is 5.75 Å². The Balaban J connectivity index is 1.97. The highest BCUT2D eigenvalue weighted by molar-refractivity contribution is 5.29. The van der Waals surface area contributed by atoms with Crippen molar-refractivity contribution in [3.63, 3.8) is 0 Å². The molecule has 2 rings (SSSR count). The Labute approximate surface area is 113 Å². The highest BCUT2D eigenvalue weighted by atomic mass is 19.1. The standard InChI is InChI=1S/C16H18FNO/c1-12(13-7-9-15(19-2)10-8-13)18-11-14-5-3-4-6-16(14)17/h3-10,12,18H,11H2,1-2H3/t12-/m1/s1. The molecule has 0 saturated heterocycles. The van der Waals surface area contributed by atoms with Crippen molar-refractivity contribution >= 4 is 0 Å². The number of nitrogens with one attached hydrogen (secondary N) is 1. The predicted octanol–water partition coefficient (Wildman–Crippen LogP) is 3.69. The Morgan fingerprint density at radius 3 is 2.42 bits per heavy atom. The van der Waals surface area contributed by atoms with Crippen LogP contribution >= 0.6 is 0 Å². The summed E-state index contributed by atoms with van der Waals surface area (Å²) in [7, 11) is 1.65. The predicted molar refractivity (Wildman–Crippen MR) is 74.6 cm³/mol. The van der Waals surface area contributed by atoms with E-state index in [0.717, 1.165) is 11.3 Å². The first-order valence-electron chi connectivity index (χ1n) is 6.31. The van der Waals surface area contributed by atoms with E-state index in [1.165, 1.54) is 6.07 Å². The molecule has 3 heteroatoms. The Morgan fingerprint density at radius 2 is 1.79 bits per heavy atom. The topological polar surface area (TPSA) is 21.3 Å². The van der Waals surface area contributed by atoms with Crippen molar-refractivity contribution in [2.45, 2.75) is 19.5 Å². The fourth-order valence-corrected chi connectivity index (χ4v) is 1.92. The Bertz CT molecular complexity index is 525. The molecule has 0 aliphatic heterocycles. The molecule has 0 bridgehead atoms. The van der Waals surface area contributed by atoms with Crippen molar-refractivity contribution in [3.05, 3.63) is 65.5 Å². The molecule has 0 amide bonds. The summed E-state index contributed by atoms with van der Waals surface area (Å²) in [4.78, 5) is 0. The van der Waals surface area contributed by atoms with E-state index in [-0.39, 0.29) is 11.9 Å². The largest absolute Gasteiger partial charge is 0.497 e. The van der Waals surface area contributed by atoms with E-state index in [0.29, 0.717) is 12.1 Å². The second-order valence-corrected chi connectivity index (χ2v) is 4.47. The van der Waals surface area contributed by atoms with Crippen LogP contribution in [0.4, 0.5) is 4.39 Å². The Kier molecular flexibility index (Phi) is 4.53. The van der Waals surface area contributed by atoms with Gasteiger partial charge in [0.2, 0.25) is 0 Å². The van der Waals surface area contributed by atoms with E-state index >= 15 is 0 Å². The molecule has 0 heterocycles. The minimum Gasteiger partial charge on any atom is -0.497 e. The first-order valence-corrected chi connectivity index (χ1v) is 6.31. The van der Waals surface area contributed by atoms with Crippen LogP contribution in [0.25, 0.3) is 0 Å². The molecule has 0 saturated carbocycles. The van der Waals surface area contributed by atoms with Gasteiger partial charge in [0.05, 0.1) is 7.11 Å². The van der Waals surface area contributed by atoms with Gasteiger partial charge in [0.15, 0.2) is 0 Å². The maximum absolute atomic E-state index is 13.5. The average molecular weight is 259 g/mol. The zero-order valence-corrected chi connectivity index (χ0v) is 11.2. The molecule has 100 valence electrons. The zero-order valence-electron chi connectivity index (χ0n) is 11.2. The van der Waals surface area contributed by atoms with Crippen LogP contribution in [-0.4, -0.2) is 7.11 Å². The molecular formula is C16H18FNO. The number of methoxy groups -OCH3 is 1. The van der Waals surface area contributed by atoms with E-state index < -0.39 is 0 Å². The summed E-state index contributed by atoms with van der Waals surface area (Å²) in [5.74, 6) is 0.669. The second kappa shape index (κ2) is 6.34. The normalized spacial score (nSPS) is 12.2. The molecule has 2 aromatic rings. The number of benzene rings is 2. The highest BCUT2D eigenvalue weighted by Crippen LogP contribution is 2.18. The highest BCUT2D eigenvalue weighted by Gasteiger charge is 2.06. The molecular weight excluding hydrogens is 241 g/mol. The molecule has 0 aromatic heterocycles. The molecule has 0 spiro atoms. The maximum atomic E-state index is 13.5. The minimum absolute atomic E-state index is 0.158. The number of ether oxygens (including phenoxy) is 1. The van der Waals surface area contributed by atoms with Crippen molar-refractivity contribution in [2.24, 2.45) is 0 Å². The van der Waals surface area contributed by atoms with E-state index in [2.05, 4.69) is 12.2 Å². The van der Waals surface area contributed by atoms with Crippen LogP contribution < -0.4 is 10.1 Å². The summed E-state index contributed by atoms with van der Waals surface area (Å²) < 4.78 is 18.6. The fraction of sp³-hybridized carbons (Fsp3) is 0.250. The summed E-state index contributed by atoms with van der Waals surface area (Å²) in [6.45, 7) is 2.57. The molecule has 0 aliphatic carbocycles. The first-order chi connectivity index (χ1) is 9.20. The van der Waals surface area contributed by atoms with Gasteiger partial charge in [0, 0.05) is 18.2 Å². The van der Waals surface area contributed by atoms with Gasteiger partial charge in [-0.2, -0.15) is 0 Å². The molecule has 0 aliphatic rings. The van der Waals surface area contributed by atoms with Gasteiger partial charge in [-0.05, 0) is 30.7 Å². The van der Waals surface area contributed by atoms with Crippen LogP contribution in [0.1, 0.15) is 24.1 Å². The quantitative estimate of drug-likeness (QED) is 0.884. The van der Waals surface area contributed by atoms with Crippen molar-refractivity contribution < 1.29 is 9.13 Å². The smallest absolute Gasteiger partial charge is 0.127 e. The SMILES string of the molecule is COc1ccc([C@@H](C)NCc2ccccc2F)cc1. The minimum atomic E-state index is -0.170. The summed E-state index contributed by atoms with van der Waals surface area (Å²) in [6, 6.07) is 14.9. The second-order valence-electron chi connectivity index (χ2n) is 4.47. The summed E-state index contributed by atoms with van der Waals surface area (Å²) in [5.41, 5.74) is 1.83. The lowest BCUT2D eigenvalue weighted by Crippen LogP contribution is -2.18. The average Bonchev–Trinajstić information content (AvgIpc) is 2.46. The van der Waals surface area contributed by atoms with Crippen LogP contribution in [0.3, 0.4) is 0 Å². The monoisotopic (exact) mass is 259 g/mol. The number of hydrogen-bond donors (Lipinski definition) is 1. The molecule has 0 radical (unpaired) electrons.